The summed E-state index contributed by atoms with van der Waals surface area (Å²) in [6, 6.07) is 9.97. The van der Waals surface area contributed by atoms with Crippen LogP contribution in [0.15, 0.2) is 36.7 Å². The lowest BCUT2D eigenvalue weighted by Crippen LogP contribution is -2.36. The lowest BCUT2D eigenvalue weighted by molar-refractivity contribution is 0.0976. The van der Waals surface area contributed by atoms with Gasteiger partial charge in [0.25, 0.3) is 5.91 Å². The molecule has 1 N–H and O–H groups in total. The Labute approximate surface area is 143 Å². The third-order valence-corrected chi connectivity index (χ3v) is 4.40. The first-order valence-electron chi connectivity index (χ1n) is 8.68. The quantitative estimate of drug-likeness (QED) is 0.824. The number of carbonyl (C=O) groups is 1. The van der Waals surface area contributed by atoms with Gasteiger partial charge in [-0.05, 0) is 31.4 Å². The predicted octanol–water partition coefficient (Wildman–Crippen LogP) is 3.67. The van der Waals surface area contributed by atoms with Crippen LogP contribution in [0.1, 0.15) is 49.2 Å². The van der Waals surface area contributed by atoms with E-state index in [1.165, 1.54) is 24.7 Å². The van der Waals surface area contributed by atoms with Crippen molar-refractivity contribution in [1.29, 1.82) is 0 Å². The second-order valence-corrected chi connectivity index (χ2v) is 6.28. The van der Waals surface area contributed by atoms with Gasteiger partial charge in [0.2, 0.25) is 0 Å². The van der Waals surface area contributed by atoms with Crippen LogP contribution in [0.5, 0.6) is 0 Å². The molecular weight excluding hydrogens is 300 g/mol. The van der Waals surface area contributed by atoms with Crippen molar-refractivity contribution >= 4 is 17.4 Å². The van der Waals surface area contributed by atoms with E-state index in [0.29, 0.717) is 11.5 Å². The molecule has 1 unspecified atom stereocenters. The van der Waals surface area contributed by atoms with E-state index in [2.05, 4.69) is 35.2 Å². The van der Waals surface area contributed by atoms with Gasteiger partial charge in [0, 0.05) is 24.3 Å². The Morgan fingerprint density at radius 2 is 2.12 bits per heavy atom. The molecule has 0 saturated heterocycles. The summed E-state index contributed by atoms with van der Waals surface area (Å²) in [6.07, 6.45) is 5.81. The van der Waals surface area contributed by atoms with Crippen molar-refractivity contribution in [2.45, 2.75) is 45.6 Å². The zero-order valence-corrected chi connectivity index (χ0v) is 14.3. The fourth-order valence-electron chi connectivity index (χ4n) is 3.16. The number of nitrogens with zero attached hydrogens (tertiary/aromatic N) is 3. The fraction of sp³-hybridized carbons (Fsp3) is 0.421. The van der Waals surface area contributed by atoms with Gasteiger partial charge < -0.3 is 10.2 Å². The first-order valence-corrected chi connectivity index (χ1v) is 8.68. The first-order chi connectivity index (χ1) is 11.7. The summed E-state index contributed by atoms with van der Waals surface area (Å²) < 4.78 is 0. The molecular formula is C19H24N4O. The molecule has 0 aliphatic carbocycles. The van der Waals surface area contributed by atoms with Gasteiger partial charge in [-0.3, -0.25) is 4.79 Å². The molecule has 1 amide bonds. The number of nitrogens with one attached hydrogen (secondary N) is 1. The molecule has 1 aliphatic heterocycles. The number of benzene rings is 1. The maximum Gasteiger partial charge on any atom is 0.277 e. The van der Waals surface area contributed by atoms with Crippen molar-refractivity contribution < 1.29 is 4.79 Å². The molecule has 5 heteroatoms. The smallest absolute Gasteiger partial charge is 0.277 e. The largest absolute Gasteiger partial charge is 0.370 e. The average Bonchev–Trinajstić information content (AvgIpc) is 2.94. The number of aromatic nitrogens is 2. The first kappa shape index (κ1) is 16.4. The zero-order chi connectivity index (χ0) is 16.9. The van der Waals surface area contributed by atoms with Gasteiger partial charge in [0.1, 0.15) is 17.8 Å². The highest BCUT2D eigenvalue weighted by atomic mass is 16.2. The normalized spacial score (nSPS) is 16.1. The molecule has 1 aliphatic rings. The van der Waals surface area contributed by atoms with E-state index >= 15 is 0 Å². The summed E-state index contributed by atoms with van der Waals surface area (Å²) in [5.41, 5.74) is 2.64. The van der Waals surface area contributed by atoms with Crippen molar-refractivity contribution in [3.05, 3.63) is 47.9 Å². The lowest BCUT2D eigenvalue weighted by Gasteiger charge is -2.22. The molecule has 0 fully saturated rings. The Morgan fingerprint density at radius 3 is 2.96 bits per heavy atom. The zero-order valence-electron chi connectivity index (χ0n) is 14.3. The molecule has 3 rings (SSSR count). The number of hydrogen-bond acceptors (Lipinski definition) is 4. The highest BCUT2D eigenvalue weighted by Gasteiger charge is 2.31. The fourth-order valence-corrected chi connectivity index (χ4v) is 3.16. The molecule has 1 aromatic heterocycles. The van der Waals surface area contributed by atoms with E-state index in [1.807, 2.05) is 23.1 Å². The van der Waals surface area contributed by atoms with Gasteiger partial charge in [-0.1, -0.05) is 38.0 Å². The van der Waals surface area contributed by atoms with Gasteiger partial charge in [-0.25, -0.2) is 9.97 Å². The lowest BCUT2D eigenvalue weighted by atomic mass is 10.1. The van der Waals surface area contributed by atoms with E-state index in [9.17, 15) is 4.79 Å². The van der Waals surface area contributed by atoms with E-state index in [1.54, 1.807) is 6.07 Å². The van der Waals surface area contributed by atoms with Crippen LogP contribution in [0.3, 0.4) is 0 Å². The minimum atomic E-state index is -0.0635. The van der Waals surface area contributed by atoms with Gasteiger partial charge in [-0.2, -0.15) is 0 Å². The van der Waals surface area contributed by atoms with Crippen LogP contribution in [0.4, 0.5) is 11.5 Å². The molecule has 1 aromatic carbocycles. The number of carbonyl (C=O) groups excluding carboxylic acids is 1. The van der Waals surface area contributed by atoms with Crippen LogP contribution < -0.4 is 10.2 Å². The average molecular weight is 324 g/mol. The Bertz CT molecular complexity index is 716. The van der Waals surface area contributed by atoms with Crippen molar-refractivity contribution in [2.24, 2.45) is 0 Å². The minimum Gasteiger partial charge on any atom is -0.370 e. The van der Waals surface area contributed by atoms with Gasteiger partial charge in [0.15, 0.2) is 0 Å². The predicted molar refractivity (Wildman–Crippen MR) is 96.5 cm³/mol. The third kappa shape index (κ3) is 3.40. The van der Waals surface area contributed by atoms with E-state index in [-0.39, 0.29) is 11.9 Å². The second kappa shape index (κ2) is 7.43. The molecule has 0 saturated carbocycles. The standard InChI is InChI=1S/C19H24N4O/c1-3-4-7-10-20-18-12-16(21-13-22-18)19(24)23-14(2)11-15-8-5-6-9-17(15)23/h5-6,8-9,12-14H,3-4,7,10-11H2,1-2H3,(H,20,21,22). The summed E-state index contributed by atoms with van der Waals surface area (Å²) >= 11 is 0. The van der Waals surface area contributed by atoms with Gasteiger partial charge in [0.05, 0.1) is 0 Å². The number of rotatable bonds is 6. The molecule has 5 nitrogen and oxygen atoms in total. The Hall–Kier alpha value is -2.43. The maximum atomic E-state index is 13.0. The molecule has 0 bridgehead atoms. The van der Waals surface area contributed by atoms with Crippen LogP contribution >= 0.6 is 0 Å². The van der Waals surface area contributed by atoms with Crippen molar-refractivity contribution in [3.63, 3.8) is 0 Å². The van der Waals surface area contributed by atoms with Crippen molar-refractivity contribution in [3.8, 4) is 0 Å². The molecule has 24 heavy (non-hydrogen) atoms. The summed E-state index contributed by atoms with van der Waals surface area (Å²) in [7, 11) is 0. The summed E-state index contributed by atoms with van der Waals surface area (Å²) in [5.74, 6) is 0.649. The Kier molecular flexibility index (Phi) is 5.08. The molecule has 2 aromatic rings. The summed E-state index contributed by atoms with van der Waals surface area (Å²) in [6.45, 7) is 5.11. The van der Waals surface area contributed by atoms with Crippen LogP contribution in [0.2, 0.25) is 0 Å². The minimum absolute atomic E-state index is 0.0635. The van der Waals surface area contributed by atoms with Crippen LogP contribution in [-0.2, 0) is 6.42 Å². The molecule has 0 spiro atoms. The van der Waals surface area contributed by atoms with Gasteiger partial charge >= 0.3 is 0 Å². The number of amides is 1. The summed E-state index contributed by atoms with van der Waals surface area (Å²) in [5, 5.41) is 3.27. The highest BCUT2D eigenvalue weighted by Crippen LogP contribution is 2.32. The van der Waals surface area contributed by atoms with Crippen LogP contribution in [0.25, 0.3) is 0 Å². The molecule has 126 valence electrons. The van der Waals surface area contributed by atoms with Gasteiger partial charge in [-0.15, -0.1) is 0 Å². The Morgan fingerprint density at radius 1 is 1.29 bits per heavy atom. The van der Waals surface area contributed by atoms with Crippen molar-refractivity contribution in [1.82, 2.24) is 9.97 Å². The van der Waals surface area contributed by atoms with E-state index in [0.717, 1.165) is 25.1 Å². The molecule has 0 radical (unpaired) electrons. The molecule has 2 heterocycles. The number of unbranched alkanes of at least 4 members (excludes halogenated alkanes) is 2. The number of hydrogen-bond donors (Lipinski definition) is 1. The number of para-hydroxylation sites is 1. The monoisotopic (exact) mass is 324 g/mol. The number of fused-ring (bicyclic) bond motifs is 1. The number of anilines is 2. The topological polar surface area (TPSA) is 58.1 Å². The van der Waals surface area contributed by atoms with E-state index < -0.39 is 0 Å². The van der Waals surface area contributed by atoms with Crippen LogP contribution in [-0.4, -0.2) is 28.5 Å². The summed E-state index contributed by atoms with van der Waals surface area (Å²) in [4.78, 5) is 23.2. The van der Waals surface area contributed by atoms with Crippen LogP contribution in [0, 0.1) is 0 Å². The second-order valence-electron chi connectivity index (χ2n) is 6.28. The SMILES string of the molecule is CCCCCNc1cc(C(=O)N2c3ccccc3CC2C)ncn1. The molecule has 1 atom stereocenters. The third-order valence-electron chi connectivity index (χ3n) is 4.40. The Balaban J connectivity index is 1.76. The van der Waals surface area contributed by atoms with E-state index in [4.69, 9.17) is 0 Å². The van der Waals surface area contributed by atoms with Crippen molar-refractivity contribution in [2.75, 3.05) is 16.8 Å². The maximum absolute atomic E-state index is 13.0. The highest BCUT2D eigenvalue weighted by molar-refractivity contribution is 6.06.